The average molecular weight is 268 g/mol. The maximum Gasteiger partial charge on any atom is 0.0346 e. The quantitative estimate of drug-likeness (QED) is 0.822. The lowest BCUT2D eigenvalue weighted by Gasteiger charge is -2.18. The molecule has 1 heterocycles. The molecule has 0 spiro atoms. The van der Waals surface area contributed by atoms with Crippen LogP contribution in [0.2, 0.25) is 0 Å². The van der Waals surface area contributed by atoms with Crippen LogP contribution in [0.4, 0.5) is 0 Å². The highest BCUT2D eigenvalue weighted by atomic mass is 14.9. The van der Waals surface area contributed by atoms with Crippen LogP contribution >= 0.6 is 0 Å². The van der Waals surface area contributed by atoms with Crippen molar-refractivity contribution in [2.24, 2.45) is 5.92 Å². The van der Waals surface area contributed by atoms with E-state index in [4.69, 9.17) is 0 Å². The first-order chi connectivity index (χ1) is 9.88. The number of aromatic nitrogens is 1. The van der Waals surface area contributed by atoms with Gasteiger partial charge in [0.25, 0.3) is 0 Å². The second-order valence-corrected chi connectivity index (χ2v) is 5.96. The molecule has 1 aliphatic rings. The highest BCUT2D eigenvalue weighted by Crippen LogP contribution is 2.34. The molecule has 0 aliphatic heterocycles. The number of rotatable bonds is 7. The molecular formula is C18H24N2. The first-order valence-corrected chi connectivity index (χ1v) is 7.93. The summed E-state index contributed by atoms with van der Waals surface area (Å²) in [5, 5.41) is 6.36. The van der Waals surface area contributed by atoms with Crippen LogP contribution in [0.3, 0.4) is 0 Å². The summed E-state index contributed by atoms with van der Waals surface area (Å²) in [5.41, 5.74) is 1.40. The molecule has 3 rings (SSSR count). The van der Waals surface area contributed by atoms with Crippen LogP contribution in [0.15, 0.2) is 36.7 Å². The SMILES string of the molecule is CCCNC(CCc1cncc2ccccc12)C1CC1. The van der Waals surface area contributed by atoms with E-state index < -0.39 is 0 Å². The van der Waals surface area contributed by atoms with Gasteiger partial charge in [0.1, 0.15) is 0 Å². The molecule has 1 aliphatic carbocycles. The van der Waals surface area contributed by atoms with E-state index in [1.54, 1.807) is 0 Å². The molecule has 1 aromatic carbocycles. The van der Waals surface area contributed by atoms with E-state index in [9.17, 15) is 0 Å². The summed E-state index contributed by atoms with van der Waals surface area (Å²) in [4.78, 5) is 4.39. The van der Waals surface area contributed by atoms with Crippen molar-refractivity contribution in [1.82, 2.24) is 10.3 Å². The molecule has 20 heavy (non-hydrogen) atoms. The van der Waals surface area contributed by atoms with Gasteiger partial charge in [-0.2, -0.15) is 0 Å². The molecule has 0 amide bonds. The first-order valence-electron chi connectivity index (χ1n) is 7.93. The zero-order chi connectivity index (χ0) is 13.8. The van der Waals surface area contributed by atoms with Crippen LogP contribution in [0.5, 0.6) is 0 Å². The molecule has 106 valence electrons. The summed E-state index contributed by atoms with van der Waals surface area (Å²) in [6.45, 7) is 3.39. The molecule has 2 heteroatoms. The van der Waals surface area contributed by atoms with Crippen molar-refractivity contribution in [2.75, 3.05) is 6.54 Å². The summed E-state index contributed by atoms with van der Waals surface area (Å²) in [6.07, 6.45) is 10.4. The van der Waals surface area contributed by atoms with Crippen LogP contribution in [0.25, 0.3) is 10.8 Å². The van der Waals surface area contributed by atoms with E-state index in [1.807, 2.05) is 12.4 Å². The number of aryl methyl sites for hydroxylation is 1. The van der Waals surface area contributed by atoms with E-state index in [0.717, 1.165) is 18.9 Å². The molecule has 0 saturated heterocycles. The zero-order valence-electron chi connectivity index (χ0n) is 12.3. The van der Waals surface area contributed by atoms with Crippen LogP contribution in [-0.4, -0.2) is 17.6 Å². The van der Waals surface area contributed by atoms with Crippen LogP contribution < -0.4 is 5.32 Å². The molecule has 2 nitrogen and oxygen atoms in total. The third-order valence-corrected chi connectivity index (χ3v) is 4.32. The number of nitrogens with zero attached hydrogens (tertiary/aromatic N) is 1. The van der Waals surface area contributed by atoms with Crippen molar-refractivity contribution in [3.63, 3.8) is 0 Å². The fraction of sp³-hybridized carbons (Fsp3) is 0.500. The number of nitrogens with one attached hydrogen (secondary N) is 1. The predicted molar refractivity (Wildman–Crippen MR) is 84.9 cm³/mol. The van der Waals surface area contributed by atoms with Crippen molar-refractivity contribution >= 4 is 10.8 Å². The second kappa shape index (κ2) is 6.36. The lowest BCUT2D eigenvalue weighted by atomic mass is 9.99. The Kier molecular flexibility index (Phi) is 4.31. The number of hydrogen-bond donors (Lipinski definition) is 1. The van der Waals surface area contributed by atoms with Gasteiger partial charge in [0.15, 0.2) is 0 Å². The van der Waals surface area contributed by atoms with Crippen molar-refractivity contribution in [1.29, 1.82) is 0 Å². The number of pyridine rings is 1. The smallest absolute Gasteiger partial charge is 0.0346 e. The monoisotopic (exact) mass is 268 g/mol. The second-order valence-electron chi connectivity index (χ2n) is 5.96. The molecule has 1 fully saturated rings. The van der Waals surface area contributed by atoms with Crippen LogP contribution in [-0.2, 0) is 6.42 Å². The van der Waals surface area contributed by atoms with Crippen molar-refractivity contribution < 1.29 is 0 Å². The lowest BCUT2D eigenvalue weighted by Crippen LogP contribution is -2.32. The van der Waals surface area contributed by atoms with Gasteiger partial charge in [0.2, 0.25) is 0 Å². The summed E-state index contributed by atoms with van der Waals surface area (Å²) in [7, 11) is 0. The van der Waals surface area contributed by atoms with Gasteiger partial charge in [-0.3, -0.25) is 4.98 Å². The Bertz CT molecular complexity index is 555. The van der Waals surface area contributed by atoms with Gasteiger partial charge >= 0.3 is 0 Å². The van der Waals surface area contributed by atoms with Crippen LogP contribution in [0, 0.1) is 5.92 Å². The number of hydrogen-bond acceptors (Lipinski definition) is 2. The van der Waals surface area contributed by atoms with Gasteiger partial charge in [-0.05, 0) is 55.5 Å². The maximum atomic E-state index is 4.39. The summed E-state index contributed by atoms with van der Waals surface area (Å²) in [6, 6.07) is 9.29. The van der Waals surface area contributed by atoms with Gasteiger partial charge in [-0.25, -0.2) is 0 Å². The fourth-order valence-corrected chi connectivity index (χ4v) is 3.02. The van der Waals surface area contributed by atoms with Gasteiger partial charge < -0.3 is 5.32 Å². The topological polar surface area (TPSA) is 24.9 Å². The first kappa shape index (κ1) is 13.6. The van der Waals surface area contributed by atoms with Gasteiger partial charge in [0, 0.05) is 23.8 Å². The van der Waals surface area contributed by atoms with E-state index in [2.05, 4.69) is 41.5 Å². The van der Waals surface area contributed by atoms with E-state index in [0.29, 0.717) is 6.04 Å². The lowest BCUT2D eigenvalue weighted by molar-refractivity contribution is 0.436. The molecular weight excluding hydrogens is 244 g/mol. The Hall–Kier alpha value is -1.41. The molecule has 1 saturated carbocycles. The summed E-state index contributed by atoms with van der Waals surface area (Å²) >= 11 is 0. The summed E-state index contributed by atoms with van der Waals surface area (Å²) in [5.74, 6) is 0.921. The number of fused-ring (bicyclic) bond motifs is 1. The minimum Gasteiger partial charge on any atom is -0.314 e. The Balaban J connectivity index is 1.69. The minimum atomic E-state index is 0.703. The molecule has 1 N–H and O–H groups in total. The van der Waals surface area contributed by atoms with E-state index in [1.165, 1.54) is 42.0 Å². The largest absolute Gasteiger partial charge is 0.314 e. The van der Waals surface area contributed by atoms with Crippen molar-refractivity contribution in [3.05, 3.63) is 42.2 Å². The summed E-state index contributed by atoms with van der Waals surface area (Å²) < 4.78 is 0. The molecule has 2 aromatic rings. The van der Waals surface area contributed by atoms with E-state index >= 15 is 0 Å². The van der Waals surface area contributed by atoms with Crippen LogP contribution in [0.1, 0.15) is 38.2 Å². The average Bonchev–Trinajstić information content (AvgIpc) is 3.32. The molecule has 1 aromatic heterocycles. The Morgan fingerprint density at radius 2 is 2.10 bits per heavy atom. The van der Waals surface area contributed by atoms with Gasteiger partial charge in [-0.15, -0.1) is 0 Å². The van der Waals surface area contributed by atoms with Gasteiger partial charge in [-0.1, -0.05) is 31.2 Å². The highest BCUT2D eigenvalue weighted by molar-refractivity contribution is 5.84. The highest BCUT2D eigenvalue weighted by Gasteiger charge is 2.30. The number of benzene rings is 1. The molecule has 1 unspecified atom stereocenters. The standard InChI is InChI=1S/C18H24N2/c1-2-11-20-18(14-7-8-14)10-9-16-13-19-12-15-5-3-4-6-17(15)16/h3-6,12-14,18,20H,2,7-11H2,1H3. The maximum absolute atomic E-state index is 4.39. The Morgan fingerprint density at radius 1 is 1.25 bits per heavy atom. The minimum absolute atomic E-state index is 0.703. The predicted octanol–water partition coefficient (Wildman–Crippen LogP) is 3.95. The third kappa shape index (κ3) is 3.18. The van der Waals surface area contributed by atoms with Crippen molar-refractivity contribution in [3.8, 4) is 0 Å². The fourth-order valence-electron chi connectivity index (χ4n) is 3.02. The van der Waals surface area contributed by atoms with Gasteiger partial charge in [0.05, 0.1) is 0 Å². The zero-order valence-corrected chi connectivity index (χ0v) is 12.3. The normalized spacial score (nSPS) is 16.4. The molecule has 0 radical (unpaired) electrons. The van der Waals surface area contributed by atoms with Crippen molar-refractivity contribution in [2.45, 2.75) is 45.1 Å². The Labute approximate surface area is 121 Å². The molecule has 1 atom stereocenters. The Morgan fingerprint density at radius 3 is 2.90 bits per heavy atom. The van der Waals surface area contributed by atoms with E-state index in [-0.39, 0.29) is 0 Å². The third-order valence-electron chi connectivity index (χ3n) is 4.32. The molecule has 0 bridgehead atoms.